The molecule has 1 aromatic rings. The second kappa shape index (κ2) is 14.0. The minimum atomic E-state index is 0. The Balaban J connectivity index is 0.00000441. The molecule has 0 bridgehead atoms. The molecule has 0 aliphatic carbocycles. The van der Waals surface area contributed by atoms with Gasteiger partial charge in [-0.15, -0.1) is 30.6 Å². The van der Waals surface area contributed by atoms with Crippen LogP contribution in [0.2, 0.25) is 0 Å². The Morgan fingerprint density at radius 2 is 2.18 bits per heavy atom. The Hall–Kier alpha value is -0.630. The van der Waals surface area contributed by atoms with Crippen molar-refractivity contribution in [2.24, 2.45) is 10.9 Å². The van der Waals surface area contributed by atoms with Crippen LogP contribution < -0.4 is 10.6 Å². The molecule has 126 valence electrons. The highest BCUT2D eigenvalue weighted by molar-refractivity contribution is 14.0. The van der Waals surface area contributed by atoms with Crippen molar-refractivity contribution in [3.63, 3.8) is 0 Å². The first-order chi connectivity index (χ1) is 10.2. The number of nitrogens with zero attached hydrogens (tertiary/aromatic N) is 1. The number of guanidine groups is 1. The van der Waals surface area contributed by atoms with Gasteiger partial charge in [-0.25, -0.2) is 0 Å². The summed E-state index contributed by atoms with van der Waals surface area (Å²) in [4.78, 5) is 4.59. The van der Waals surface area contributed by atoms with Crippen LogP contribution in [0.3, 0.4) is 0 Å². The van der Waals surface area contributed by atoms with Gasteiger partial charge in [0.1, 0.15) is 5.76 Å². The summed E-state index contributed by atoms with van der Waals surface area (Å²) in [5, 5.41) is 6.72. The van der Waals surface area contributed by atoms with Gasteiger partial charge in [-0.2, -0.15) is 11.8 Å². The lowest BCUT2D eigenvalue weighted by Crippen LogP contribution is -2.39. The summed E-state index contributed by atoms with van der Waals surface area (Å²) in [6.45, 7) is 10.6. The van der Waals surface area contributed by atoms with Gasteiger partial charge in [0, 0.05) is 37.6 Å². The summed E-state index contributed by atoms with van der Waals surface area (Å²) in [6.07, 6.45) is 4.50. The summed E-state index contributed by atoms with van der Waals surface area (Å²) in [5.74, 6) is 4.48. The lowest BCUT2D eigenvalue weighted by Gasteiger charge is -2.12. The number of thioether (sulfide) groups is 1. The molecule has 22 heavy (non-hydrogen) atoms. The molecular weight excluding hydrogens is 409 g/mol. The van der Waals surface area contributed by atoms with Crippen LogP contribution in [0.15, 0.2) is 40.5 Å². The lowest BCUT2D eigenvalue weighted by atomic mass is 10.2. The molecule has 0 aliphatic rings. The highest BCUT2D eigenvalue weighted by Gasteiger charge is 2.01. The van der Waals surface area contributed by atoms with E-state index in [1.54, 1.807) is 6.26 Å². The molecular formula is C16H28IN3OS. The second-order valence-electron chi connectivity index (χ2n) is 5.13. The van der Waals surface area contributed by atoms with Gasteiger partial charge in [0.15, 0.2) is 5.96 Å². The van der Waals surface area contributed by atoms with Crippen molar-refractivity contribution < 1.29 is 4.42 Å². The molecule has 4 nitrogen and oxygen atoms in total. The smallest absolute Gasteiger partial charge is 0.191 e. The molecule has 0 aromatic carbocycles. The van der Waals surface area contributed by atoms with Gasteiger partial charge in [-0.1, -0.05) is 19.9 Å². The molecule has 0 fully saturated rings. The third-order valence-corrected chi connectivity index (χ3v) is 3.60. The van der Waals surface area contributed by atoms with Crippen LogP contribution in [0.4, 0.5) is 0 Å². The first kappa shape index (κ1) is 21.4. The zero-order valence-corrected chi connectivity index (χ0v) is 16.7. The van der Waals surface area contributed by atoms with Crippen molar-refractivity contribution in [3.05, 3.63) is 36.8 Å². The summed E-state index contributed by atoms with van der Waals surface area (Å²) >= 11 is 1.86. The van der Waals surface area contributed by atoms with E-state index in [9.17, 15) is 0 Å². The number of hydrogen-bond donors (Lipinski definition) is 2. The van der Waals surface area contributed by atoms with Crippen LogP contribution in [-0.2, 0) is 6.42 Å². The number of hydrogen-bond acceptors (Lipinski definition) is 3. The minimum absolute atomic E-state index is 0. The Bertz CT molecular complexity index is 408. The molecule has 0 saturated carbocycles. The number of aliphatic imine (C=N–C) groups is 1. The Morgan fingerprint density at radius 3 is 2.82 bits per heavy atom. The van der Waals surface area contributed by atoms with Crippen molar-refractivity contribution in [3.8, 4) is 0 Å². The number of nitrogens with one attached hydrogen (secondary N) is 2. The standard InChI is InChI=1S/C16H27N3OS.HI/c1-4-11-21-12-9-18-16(19-13-14(2)3)17-8-7-15-6-5-10-20-15;/h4-6,10,14H,1,7-9,11-13H2,2-3H3,(H2,17,18,19);1H. The van der Waals surface area contributed by atoms with Crippen molar-refractivity contribution >= 4 is 41.7 Å². The van der Waals surface area contributed by atoms with Crippen LogP contribution >= 0.6 is 35.7 Å². The molecule has 0 radical (unpaired) electrons. The molecule has 0 aliphatic heterocycles. The van der Waals surface area contributed by atoms with Crippen LogP contribution in [-0.4, -0.2) is 37.1 Å². The number of rotatable bonds is 10. The van der Waals surface area contributed by atoms with E-state index in [1.807, 2.05) is 30.0 Å². The van der Waals surface area contributed by atoms with Gasteiger partial charge in [0.05, 0.1) is 6.26 Å². The zero-order valence-electron chi connectivity index (χ0n) is 13.5. The first-order valence-corrected chi connectivity index (χ1v) is 8.61. The Labute approximate surface area is 155 Å². The minimum Gasteiger partial charge on any atom is -0.469 e. The van der Waals surface area contributed by atoms with Crippen LogP contribution in [0.5, 0.6) is 0 Å². The molecule has 0 spiro atoms. The van der Waals surface area contributed by atoms with E-state index < -0.39 is 0 Å². The van der Waals surface area contributed by atoms with Crippen molar-refractivity contribution in [1.29, 1.82) is 0 Å². The molecule has 1 aromatic heterocycles. The van der Waals surface area contributed by atoms with E-state index in [2.05, 4.69) is 36.1 Å². The lowest BCUT2D eigenvalue weighted by molar-refractivity contribution is 0.506. The zero-order chi connectivity index (χ0) is 15.3. The monoisotopic (exact) mass is 437 g/mol. The molecule has 1 heterocycles. The third-order valence-electron chi connectivity index (χ3n) is 2.63. The number of halogens is 1. The third kappa shape index (κ3) is 11.0. The van der Waals surface area contributed by atoms with E-state index >= 15 is 0 Å². The normalized spacial score (nSPS) is 11.1. The predicted octanol–water partition coefficient (Wildman–Crippen LogP) is 3.55. The fourth-order valence-corrected chi connectivity index (χ4v) is 2.20. The quantitative estimate of drug-likeness (QED) is 0.193. The molecule has 0 unspecified atom stereocenters. The average Bonchev–Trinajstić information content (AvgIpc) is 2.97. The predicted molar refractivity (Wildman–Crippen MR) is 108 cm³/mol. The van der Waals surface area contributed by atoms with E-state index in [4.69, 9.17) is 4.42 Å². The molecule has 0 saturated heterocycles. The van der Waals surface area contributed by atoms with Gasteiger partial charge >= 0.3 is 0 Å². The van der Waals surface area contributed by atoms with E-state index in [-0.39, 0.29) is 24.0 Å². The molecule has 6 heteroatoms. The van der Waals surface area contributed by atoms with Crippen LogP contribution in [0.1, 0.15) is 19.6 Å². The maximum absolute atomic E-state index is 5.33. The van der Waals surface area contributed by atoms with Crippen LogP contribution in [0.25, 0.3) is 0 Å². The Morgan fingerprint density at radius 1 is 1.41 bits per heavy atom. The largest absolute Gasteiger partial charge is 0.469 e. The van der Waals surface area contributed by atoms with Crippen LogP contribution in [0, 0.1) is 5.92 Å². The molecule has 1 rings (SSSR count). The maximum Gasteiger partial charge on any atom is 0.191 e. The van der Waals surface area contributed by atoms with E-state index in [0.717, 1.165) is 49.3 Å². The topological polar surface area (TPSA) is 49.6 Å². The van der Waals surface area contributed by atoms with Gasteiger partial charge in [-0.3, -0.25) is 4.99 Å². The van der Waals surface area contributed by atoms with Crippen molar-refractivity contribution in [2.45, 2.75) is 20.3 Å². The van der Waals surface area contributed by atoms with Crippen molar-refractivity contribution in [2.75, 3.05) is 31.1 Å². The summed E-state index contributed by atoms with van der Waals surface area (Å²) in [6, 6.07) is 3.91. The fourth-order valence-electron chi connectivity index (χ4n) is 1.62. The first-order valence-electron chi connectivity index (χ1n) is 7.45. The molecule has 0 amide bonds. The molecule has 0 atom stereocenters. The van der Waals surface area contributed by atoms with E-state index in [0.29, 0.717) is 5.92 Å². The van der Waals surface area contributed by atoms with E-state index in [1.165, 1.54) is 0 Å². The van der Waals surface area contributed by atoms with Gasteiger partial charge < -0.3 is 15.1 Å². The van der Waals surface area contributed by atoms with Gasteiger partial charge in [0.2, 0.25) is 0 Å². The fraction of sp³-hybridized carbons (Fsp3) is 0.562. The SMILES string of the molecule is C=CCSCCNC(=NCC(C)C)NCCc1ccco1.I. The van der Waals surface area contributed by atoms with Crippen molar-refractivity contribution in [1.82, 2.24) is 10.6 Å². The molecule has 2 N–H and O–H groups in total. The summed E-state index contributed by atoms with van der Waals surface area (Å²) in [7, 11) is 0. The second-order valence-corrected chi connectivity index (χ2v) is 6.28. The summed E-state index contributed by atoms with van der Waals surface area (Å²) in [5.41, 5.74) is 0. The highest BCUT2D eigenvalue weighted by atomic mass is 127. The van der Waals surface area contributed by atoms with Gasteiger partial charge in [-0.05, 0) is 18.1 Å². The highest BCUT2D eigenvalue weighted by Crippen LogP contribution is 2.00. The summed E-state index contributed by atoms with van der Waals surface area (Å²) < 4.78 is 5.33. The maximum atomic E-state index is 5.33. The average molecular weight is 437 g/mol. The Kier molecular flexibility index (Phi) is 13.6. The van der Waals surface area contributed by atoms with Gasteiger partial charge in [0.25, 0.3) is 0 Å². The number of furan rings is 1.